The van der Waals surface area contributed by atoms with Gasteiger partial charge in [0, 0.05) is 17.6 Å². The number of hydrogen-bond donors (Lipinski definition) is 2. The van der Waals surface area contributed by atoms with Gasteiger partial charge in [0.25, 0.3) is 0 Å². The van der Waals surface area contributed by atoms with E-state index in [1.807, 2.05) is 24.3 Å². The number of H-pyrrole nitrogens is 1. The van der Waals surface area contributed by atoms with Crippen LogP contribution in [0.1, 0.15) is 11.1 Å². The van der Waals surface area contributed by atoms with E-state index in [1.165, 1.54) is 0 Å². The van der Waals surface area contributed by atoms with E-state index in [4.69, 9.17) is 0 Å². The predicted octanol–water partition coefficient (Wildman–Crippen LogP) is 3.62. The number of aromatic nitrogens is 2. The van der Waals surface area contributed by atoms with Gasteiger partial charge in [0.15, 0.2) is 0 Å². The van der Waals surface area contributed by atoms with Crippen molar-refractivity contribution >= 4 is 16.6 Å². The lowest BCUT2D eigenvalue weighted by molar-refractivity contribution is 0.616. The van der Waals surface area contributed by atoms with Gasteiger partial charge in [0.1, 0.15) is 5.82 Å². The molecule has 3 rings (SSSR count). The minimum atomic E-state index is -0.166. The summed E-state index contributed by atoms with van der Waals surface area (Å²) < 4.78 is 13.5. The quantitative estimate of drug-likeness (QED) is 0.750. The van der Waals surface area contributed by atoms with Gasteiger partial charge in [-0.2, -0.15) is 5.10 Å². The monoisotopic (exact) mass is 255 g/mol. The van der Waals surface area contributed by atoms with Gasteiger partial charge in [-0.3, -0.25) is 5.10 Å². The van der Waals surface area contributed by atoms with Crippen molar-refractivity contribution in [3.8, 4) is 0 Å². The van der Waals surface area contributed by atoms with E-state index in [9.17, 15) is 4.39 Å². The average Bonchev–Trinajstić information content (AvgIpc) is 2.89. The Hall–Kier alpha value is -2.36. The van der Waals surface area contributed by atoms with Gasteiger partial charge in [-0.1, -0.05) is 18.2 Å². The highest BCUT2D eigenvalue weighted by molar-refractivity contribution is 5.90. The minimum Gasteiger partial charge on any atom is -0.380 e. The van der Waals surface area contributed by atoms with Gasteiger partial charge in [-0.05, 0) is 36.2 Å². The molecule has 0 unspecified atom stereocenters. The number of rotatable bonds is 3. The number of halogens is 1. The summed E-state index contributed by atoms with van der Waals surface area (Å²) in [7, 11) is 0. The molecular weight excluding hydrogens is 241 g/mol. The third-order valence-electron chi connectivity index (χ3n) is 3.20. The molecule has 3 aromatic rings. The predicted molar refractivity (Wildman–Crippen MR) is 74.6 cm³/mol. The number of hydrogen-bond acceptors (Lipinski definition) is 2. The highest BCUT2D eigenvalue weighted by Gasteiger charge is 2.03. The zero-order valence-electron chi connectivity index (χ0n) is 10.6. The summed E-state index contributed by atoms with van der Waals surface area (Å²) in [5, 5.41) is 11.3. The van der Waals surface area contributed by atoms with Gasteiger partial charge < -0.3 is 5.32 Å². The van der Waals surface area contributed by atoms with E-state index in [1.54, 1.807) is 25.3 Å². The summed E-state index contributed by atoms with van der Waals surface area (Å²) in [6.07, 6.45) is 1.79. The molecule has 2 aromatic carbocycles. The second-order valence-corrected chi connectivity index (χ2v) is 4.57. The first kappa shape index (κ1) is 11.7. The summed E-state index contributed by atoms with van der Waals surface area (Å²) in [6, 6.07) is 11.2. The van der Waals surface area contributed by atoms with Crippen molar-refractivity contribution in [2.45, 2.75) is 13.5 Å². The largest absolute Gasteiger partial charge is 0.380 e. The molecule has 2 N–H and O–H groups in total. The Morgan fingerprint density at radius 1 is 1.26 bits per heavy atom. The van der Waals surface area contributed by atoms with E-state index >= 15 is 0 Å². The number of aryl methyl sites for hydroxylation is 1. The van der Waals surface area contributed by atoms with Crippen molar-refractivity contribution in [2.75, 3.05) is 5.32 Å². The van der Waals surface area contributed by atoms with E-state index < -0.39 is 0 Å². The number of nitrogens with one attached hydrogen (secondary N) is 2. The molecule has 19 heavy (non-hydrogen) atoms. The van der Waals surface area contributed by atoms with E-state index in [0.717, 1.165) is 22.2 Å². The first-order chi connectivity index (χ1) is 9.24. The van der Waals surface area contributed by atoms with Crippen LogP contribution in [-0.2, 0) is 6.54 Å². The van der Waals surface area contributed by atoms with Gasteiger partial charge in [-0.25, -0.2) is 4.39 Å². The Morgan fingerprint density at radius 2 is 2.16 bits per heavy atom. The Morgan fingerprint density at radius 3 is 3.00 bits per heavy atom. The fourth-order valence-corrected chi connectivity index (χ4v) is 2.07. The van der Waals surface area contributed by atoms with Crippen LogP contribution in [0.3, 0.4) is 0 Å². The summed E-state index contributed by atoms with van der Waals surface area (Å²) in [5.74, 6) is -0.166. The first-order valence-electron chi connectivity index (χ1n) is 6.15. The Bertz CT molecular complexity index is 718. The molecule has 0 spiro atoms. The van der Waals surface area contributed by atoms with Crippen LogP contribution in [0.25, 0.3) is 10.9 Å². The topological polar surface area (TPSA) is 40.7 Å². The summed E-state index contributed by atoms with van der Waals surface area (Å²) in [6.45, 7) is 2.35. The Labute approximate surface area is 110 Å². The highest BCUT2D eigenvalue weighted by atomic mass is 19.1. The minimum absolute atomic E-state index is 0.166. The number of benzene rings is 2. The molecule has 1 aromatic heterocycles. The van der Waals surface area contributed by atoms with Crippen molar-refractivity contribution in [1.82, 2.24) is 10.2 Å². The maximum Gasteiger partial charge on any atom is 0.126 e. The van der Waals surface area contributed by atoms with Crippen LogP contribution in [-0.4, -0.2) is 10.2 Å². The molecule has 0 saturated heterocycles. The molecule has 0 aliphatic rings. The Balaban J connectivity index is 1.82. The molecule has 0 radical (unpaired) electrons. The second-order valence-electron chi connectivity index (χ2n) is 4.57. The molecule has 1 heterocycles. The third kappa shape index (κ3) is 2.29. The molecule has 0 bridgehead atoms. The lowest BCUT2D eigenvalue weighted by Crippen LogP contribution is -2.00. The van der Waals surface area contributed by atoms with Crippen LogP contribution in [0.5, 0.6) is 0 Å². The van der Waals surface area contributed by atoms with Crippen LogP contribution >= 0.6 is 0 Å². The van der Waals surface area contributed by atoms with Crippen molar-refractivity contribution in [3.63, 3.8) is 0 Å². The lowest BCUT2D eigenvalue weighted by atomic mass is 10.1. The number of nitrogens with zero attached hydrogens (tertiary/aromatic N) is 1. The maximum atomic E-state index is 13.5. The standard InChI is InChI=1S/C15H14FN3/c1-10-5-6-11(7-13(10)16)8-17-14-3-2-4-15-12(14)9-18-19-15/h2-7,9,17H,8H2,1H3,(H,18,19). The normalized spacial score (nSPS) is 10.8. The molecule has 4 heteroatoms. The van der Waals surface area contributed by atoms with E-state index in [0.29, 0.717) is 12.1 Å². The maximum absolute atomic E-state index is 13.5. The van der Waals surface area contributed by atoms with Crippen molar-refractivity contribution < 1.29 is 4.39 Å². The average molecular weight is 255 g/mol. The molecule has 0 aliphatic carbocycles. The van der Waals surface area contributed by atoms with Gasteiger partial charge in [-0.15, -0.1) is 0 Å². The number of anilines is 1. The fourth-order valence-electron chi connectivity index (χ4n) is 2.07. The van der Waals surface area contributed by atoms with Gasteiger partial charge in [0.2, 0.25) is 0 Å². The first-order valence-corrected chi connectivity index (χ1v) is 6.15. The van der Waals surface area contributed by atoms with Crippen LogP contribution < -0.4 is 5.32 Å². The highest BCUT2D eigenvalue weighted by Crippen LogP contribution is 2.21. The number of aromatic amines is 1. The van der Waals surface area contributed by atoms with E-state index in [-0.39, 0.29) is 5.82 Å². The van der Waals surface area contributed by atoms with Crippen molar-refractivity contribution in [1.29, 1.82) is 0 Å². The molecule has 0 atom stereocenters. The van der Waals surface area contributed by atoms with Gasteiger partial charge >= 0.3 is 0 Å². The molecule has 0 aliphatic heterocycles. The second kappa shape index (κ2) is 4.72. The van der Waals surface area contributed by atoms with Crippen molar-refractivity contribution in [2.24, 2.45) is 0 Å². The smallest absolute Gasteiger partial charge is 0.126 e. The Kier molecular flexibility index (Phi) is 2.91. The third-order valence-corrected chi connectivity index (χ3v) is 3.20. The van der Waals surface area contributed by atoms with Crippen molar-refractivity contribution in [3.05, 3.63) is 59.5 Å². The summed E-state index contributed by atoms with van der Waals surface area (Å²) >= 11 is 0. The molecule has 0 fully saturated rings. The molecule has 3 nitrogen and oxygen atoms in total. The molecular formula is C15H14FN3. The zero-order chi connectivity index (χ0) is 13.2. The fraction of sp³-hybridized carbons (Fsp3) is 0.133. The molecule has 0 amide bonds. The summed E-state index contributed by atoms with van der Waals surface area (Å²) in [5.41, 5.74) is 3.57. The van der Waals surface area contributed by atoms with Gasteiger partial charge in [0.05, 0.1) is 11.7 Å². The van der Waals surface area contributed by atoms with Crippen LogP contribution in [0.15, 0.2) is 42.6 Å². The lowest BCUT2D eigenvalue weighted by Gasteiger charge is -2.08. The molecule has 96 valence electrons. The van der Waals surface area contributed by atoms with Crippen LogP contribution in [0, 0.1) is 12.7 Å². The summed E-state index contributed by atoms with van der Waals surface area (Å²) in [4.78, 5) is 0. The van der Waals surface area contributed by atoms with Crippen LogP contribution in [0.4, 0.5) is 10.1 Å². The number of fused-ring (bicyclic) bond motifs is 1. The van der Waals surface area contributed by atoms with Crippen LogP contribution in [0.2, 0.25) is 0 Å². The van der Waals surface area contributed by atoms with E-state index in [2.05, 4.69) is 15.5 Å². The molecule has 0 saturated carbocycles. The zero-order valence-corrected chi connectivity index (χ0v) is 10.6. The SMILES string of the molecule is Cc1ccc(CNc2cccc3[nH]ncc23)cc1F.